The van der Waals surface area contributed by atoms with Crippen molar-refractivity contribution in [3.63, 3.8) is 0 Å². The van der Waals surface area contributed by atoms with Gasteiger partial charge in [-0.1, -0.05) is 29.8 Å². The molecule has 1 atom stereocenters. The van der Waals surface area contributed by atoms with E-state index >= 15 is 0 Å². The zero-order valence-electron chi connectivity index (χ0n) is 18.6. The highest BCUT2D eigenvalue weighted by atomic mass is 32.2. The summed E-state index contributed by atoms with van der Waals surface area (Å²) in [6.45, 7) is 5.10. The molecular formula is C24H26FN3O4S2. The summed E-state index contributed by atoms with van der Waals surface area (Å²) in [7, 11) is -4.02. The van der Waals surface area contributed by atoms with Crippen molar-refractivity contribution in [2.24, 2.45) is 5.92 Å². The third-order valence-electron chi connectivity index (χ3n) is 6.09. The molecule has 0 aliphatic carbocycles. The van der Waals surface area contributed by atoms with Crippen LogP contribution >= 0.6 is 11.3 Å². The average molecular weight is 504 g/mol. The van der Waals surface area contributed by atoms with Gasteiger partial charge in [-0.25, -0.2) is 9.37 Å². The van der Waals surface area contributed by atoms with Gasteiger partial charge in [0.2, 0.25) is 0 Å². The highest BCUT2D eigenvalue weighted by Gasteiger charge is 2.35. The standard InChI is InChI=1S/C17H18FN3OS.C7H8O3S/c18-13-3-1-2-12(8-13)17-19-9-15(23-17)16(22)20-14-10-21-6-4-11(14)5-7-21;1-6-2-4-7(5-3-6)11(8,9)10/h1-3,8-9,11,14H,4-7,10H2,(H,20,22);2-5H,1H3,(H,8,9,10)/t14-;/m0./s1. The lowest BCUT2D eigenvalue weighted by molar-refractivity contribution is 0.0622. The number of nitrogens with zero attached hydrogens (tertiary/aromatic N) is 2. The van der Waals surface area contributed by atoms with Crippen molar-refractivity contribution in [3.05, 3.63) is 71.0 Å². The predicted octanol–water partition coefficient (Wildman–Crippen LogP) is 4.01. The molecule has 34 heavy (non-hydrogen) atoms. The minimum atomic E-state index is -4.02. The lowest BCUT2D eigenvalue weighted by Gasteiger charge is -2.44. The van der Waals surface area contributed by atoms with Crippen LogP contribution in [-0.2, 0) is 10.1 Å². The van der Waals surface area contributed by atoms with Gasteiger partial charge in [-0.15, -0.1) is 11.3 Å². The summed E-state index contributed by atoms with van der Waals surface area (Å²) in [6.07, 6.45) is 3.92. The van der Waals surface area contributed by atoms with Crippen molar-refractivity contribution in [1.29, 1.82) is 0 Å². The summed E-state index contributed by atoms with van der Waals surface area (Å²) in [5.41, 5.74) is 1.66. The van der Waals surface area contributed by atoms with Crippen LogP contribution in [0.3, 0.4) is 0 Å². The van der Waals surface area contributed by atoms with E-state index in [2.05, 4.69) is 15.2 Å². The smallest absolute Gasteiger partial charge is 0.294 e. The van der Waals surface area contributed by atoms with E-state index in [4.69, 9.17) is 4.55 Å². The first-order valence-electron chi connectivity index (χ1n) is 11.0. The van der Waals surface area contributed by atoms with E-state index in [0.29, 0.717) is 21.4 Å². The molecule has 3 fully saturated rings. The molecule has 2 aromatic carbocycles. The summed E-state index contributed by atoms with van der Waals surface area (Å²) in [6, 6.07) is 12.5. The van der Waals surface area contributed by atoms with Gasteiger partial charge < -0.3 is 10.2 Å². The van der Waals surface area contributed by atoms with Crippen molar-refractivity contribution in [1.82, 2.24) is 15.2 Å². The Hall–Kier alpha value is -2.66. The number of benzene rings is 2. The van der Waals surface area contributed by atoms with Gasteiger partial charge in [-0.2, -0.15) is 8.42 Å². The molecule has 3 aliphatic heterocycles. The van der Waals surface area contributed by atoms with Crippen LogP contribution in [0, 0.1) is 18.7 Å². The second-order valence-corrected chi connectivity index (χ2v) is 11.0. The lowest BCUT2D eigenvalue weighted by atomic mass is 9.84. The number of rotatable bonds is 4. The number of hydrogen-bond donors (Lipinski definition) is 2. The Balaban J connectivity index is 0.000000210. The molecule has 1 amide bonds. The van der Waals surface area contributed by atoms with E-state index < -0.39 is 10.1 Å². The number of aryl methyl sites for hydroxylation is 1. The van der Waals surface area contributed by atoms with Crippen LogP contribution in [0.1, 0.15) is 28.1 Å². The molecule has 0 unspecified atom stereocenters. The highest BCUT2D eigenvalue weighted by molar-refractivity contribution is 7.85. The third kappa shape index (κ3) is 6.06. The lowest BCUT2D eigenvalue weighted by Crippen LogP contribution is -2.57. The van der Waals surface area contributed by atoms with E-state index in [1.807, 2.05) is 6.92 Å². The van der Waals surface area contributed by atoms with E-state index in [1.54, 1.807) is 30.5 Å². The highest BCUT2D eigenvalue weighted by Crippen LogP contribution is 2.29. The van der Waals surface area contributed by atoms with Gasteiger partial charge in [-0.05, 0) is 63.0 Å². The van der Waals surface area contributed by atoms with Crippen LogP contribution in [-0.4, -0.2) is 54.4 Å². The topological polar surface area (TPSA) is 99.6 Å². The molecule has 3 aromatic rings. The van der Waals surface area contributed by atoms with Crippen molar-refractivity contribution < 1.29 is 22.2 Å². The molecule has 180 valence electrons. The number of amides is 1. The number of aromatic nitrogens is 1. The number of carbonyl (C=O) groups is 1. The molecule has 4 heterocycles. The van der Waals surface area contributed by atoms with Gasteiger partial charge in [0.1, 0.15) is 15.7 Å². The fraction of sp³-hybridized carbons (Fsp3) is 0.333. The number of thiazole rings is 1. The van der Waals surface area contributed by atoms with Crippen LogP contribution in [0.2, 0.25) is 0 Å². The minimum absolute atomic E-state index is 0.0658. The Labute approximate surface area is 202 Å². The molecule has 0 radical (unpaired) electrons. The second kappa shape index (κ2) is 10.3. The fourth-order valence-corrected chi connectivity index (χ4v) is 5.51. The van der Waals surface area contributed by atoms with E-state index in [-0.39, 0.29) is 22.7 Å². The summed E-state index contributed by atoms with van der Waals surface area (Å²) in [5, 5.41) is 3.83. The van der Waals surface area contributed by atoms with Crippen molar-refractivity contribution in [3.8, 4) is 10.6 Å². The maximum Gasteiger partial charge on any atom is 0.294 e. The average Bonchev–Trinajstić information content (AvgIpc) is 3.31. The predicted molar refractivity (Wildman–Crippen MR) is 129 cm³/mol. The van der Waals surface area contributed by atoms with Crippen LogP contribution in [0.5, 0.6) is 0 Å². The molecule has 2 N–H and O–H groups in total. The number of fused-ring (bicyclic) bond motifs is 3. The number of carbonyl (C=O) groups excluding carboxylic acids is 1. The Morgan fingerprint density at radius 3 is 2.47 bits per heavy atom. The summed E-state index contributed by atoms with van der Waals surface area (Å²) in [5.74, 6) is 0.236. The Kier molecular flexibility index (Phi) is 7.42. The molecule has 3 saturated heterocycles. The minimum Gasteiger partial charge on any atom is -0.347 e. The van der Waals surface area contributed by atoms with E-state index in [9.17, 15) is 17.6 Å². The van der Waals surface area contributed by atoms with Gasteiger partial charge in [0, 0.05) is 18.2 Å². The van der Waals surface area contributed by atoms with E-state index in [0.717, 1.165) is 25.2 Å². The Bertz CT molecular complexity index is 1250. The second-order valence-electron chi connectivity index (χ2n) is 8.55. The van der Waals surface area contributed by atoms with Gasteiger partial charge in [0.15, 0.2) is 0 Å². The first-order valence-corrected chi connectivity index (χ1v) is 13.2. The van der Waals surface area contributed by atoms with Crippen LogP contribution in [0.4, 0.5) is 4.39 Å². The number of piperidine rings is 3. The molecule has 7 nitrogen and oxygen atoms in total. The quantitative estimate of drug-likeness (QED) is 0.522. The first-order chi connectivity index (χ1) is 16.2. The van der Waals surface area contributed by atoms with Crippen molar-refractivity contribution in [2.45, 2.75) is 30.7 Å². The van der Waals surface area contributed by atoms with Gasteiger partial charge in [-0.3, -0.25) is 9.35 Å². The third-order valence-corrected chi connectivity index (χ3v) is 8.01. The largest absolute Gasteiger partial charge is 0.347 e. The Morgan fingerprint density at radius 2 is 1.88 bits per heavy atom. The Morgan fingerprint density at radius 1 is 1.18 bits per heavy atom. The van der Waals surface area contributed by atoms with Gasteiger partial charge in [0.05, 0.1) is 11.1 Å². The number of nitrogens with one attached hydrogen (secondary N) is 1. The maximum absolute atomic E-state index is 13.3. The molecule has 0 saturated carbocycles. The molecule has 1 aromatic heterocycles. The van der Waals surface area contributed by atoms with Crippen molar-refractivity contribution in [2.75, 3.05) is 19.6 Å². The molecule has 3 aliphatic rings. The molecule has 6 rings (SSSR count). The summed E-state index contributed by atoms with van der Waals surface area (Å²) >= 11 is 1.31. The monoisotopic (exact) mass is 503 g/mol. The zero-order valence-corrected chi connectivity index (χ0v) is 20.3. The maximum atomic E-state index is 13.3. The summed E-state index contributed by atoms with van der Waals surface area (Å²) < 4.78 is 42.9. The SMILES string of the molecule is Cc1ccc(S(=O)(=O)O)cc1.O=C(N[C@H]1CN2CCC1CC2)c1cnc(-c2cccc(F)c2)s1. The van der Waals surface area contributed by atoms with Crippen LogP contribution in [0.15, 0.2) is 59.6 Å². The first kappa shape index (κ1) is 24.5. The van der Waals surface area contributed by atoms with Crippen molar-refractivity contribution >= 4 is 27.4 Å². The molecule has 10 heteroatoms. The van der Waals surface area contributed by atoms with Gasteiger partial charge in [0.25, 0.3) is 16.0 Å². The van der Waals surface area contributed by atoms with Crippen LogP contribution in [0.25, 0.3) is 10.6 Å². The van der Waals surface area contributed by atoms with E-state index in [1.165, 1.54) is 48.4 Å². The summed E-state index contributed by atoms with van der Waals surface area (Å²) in [4.78, 5) is 19.7. The zero-order chi connectivity index (χ0) is 24.3. The number of halogens is 1. The molecule has 2 bridgehead atoms. The normalized spacial score (nSPS) is 21.4. The molecule has 0 spiro atoms. The number of hydrogen-bond acceptors (Lipinski definition) is 6. The fourth-order valence-electron chi connectivity index (χ4n) is 4.21. The molecular weight excluding hydrogens is 477 g/mol. The van der Waals surface area contributed by atoms with Crippen LogP contribution < -0.4 is 5.32 Å². The van der Waals surface area contributed by atoms with Gasteiger partial charge >= 0.3 is 0 Å².